The number of esters is 2. The fourth-order valence-electron chi connectivity index (χ4n) is 5.73. The Balaban J connectivity index is 4.30. The van der Waals surface area contributed by atoms with Crippen molar-refractivity contribution in [1.29, 1.82) is 0 Å². The number of hydrogen-bond acceptors (Lipinski definition) is 9. The number of carbonyl (C=O) groups is 2. The highest BCUT2D eigenvalue weighted by Gasteiger charge is 2.27. The summed E-state index contributed by atoms with van der Waals surface area (Å²) in [4.78, 5) is 34.9. The van der Waals surface area contributed by atoms with E-state index in [9.17, 15) is 24.2 Å². The molecule has 0 amide bonds. The predicted octanol–water partition coefficient (Wildman–Crippen LogP) is 11.0. The van der Waals surface area contributed by atoms with Crippen LogP contribution in [0.25, 0.3) is 0 Å². The number of aliphatic hydroxyl groups excluding tert-OH is 2. The normalized spacial score (nSPS) is 14.1. The summed E-state index contributed by atoms with van der Waals surface area (Å²) in [5, 5.41) is 18.3. The van der Waals surface area contributed by atoms with E-state index in [1.165, 1.54) is 109 Å². The van der Waals surface area contributed by atoms with Crippen LogP contribution >= 0.6 is 7.82 Å². The minimum absolute atomic E-state index is 0.181. The van der Waals surface area contributed by atoms with E-state index < -0.39 is 51.8 Å². The third-order valence-corrected chi connectivity index (χ3v) is 10.0. The number of allylic oxidation sites excluding steroid dienone is 4. The Hall–Kier alpha value is -1.55. The van der Waals surface area contributed by atoms with Gasteiger partial charge in [0.15, 0.2) is 6.10 Å². The summed E-state index contributed by atoms with van der Waals surface area (Å²) in [6.07, 6.45) is 37.1. The van der Waals surface area contributed by atoms with E-state index in [1.54, 1.807) is 0 Å². The molecule has 3 N–H and O–H groups in total. The van der Waals surface area contributed by atoms with Crippen molar-refractivity contribution in [3.05, 3.63) is 24.3 Å². The molecule has 0 heterocycles. The third kappa shape index (κ3) is 38.5. The van der Waals surface area contributed by atoms with Gasteiger partial charge in [-0.1, -0.05) is 147 Å². The van der Waals surface area contributed by atoms with Gasteiger partial charge in [0.05, 0.1) is 19.8 Å². The molecule has 312 valence electrons. The van der Waals surface area contributed by atoms with Gasteiger partial charge in [-0.05, 0) is 57.8 Å². The zero-order chi connectivity index (χ0) is 39.1. The summed E-state index contributed by atoms with van der Waals surface area (Å²) >= 11 is 0. The molecule has 0 aliphatic heterocycles. The Kier molecular flexibility index (Phi) is 37.6. The van der Waals surface area contributed by atoms with E-state index in [0.29, 0.717) is 12.8 Å². The first-order chi connectivity index (χ1) is 25.7. The van der Waals surface area contributed by atoms with Gasteiger partial charge in [0, 0.05) is 12.8 Å². The van der Waals surface area contributed by atoms with E-state index in [0.717, 1.165) is 44.9 Å². The number of ether oxygens (including phenoxy) is 2. The number of aliphatic hydroxyl groups is 2. The summed E-state index contributed by atoms with van der Waals surface area (Å²) in [6, 6.07) is 0. The van der Waals surface area contributed by atoms with Gasteiger partial charge in [-0.3, -0.25) is 18.6 Å². The standard InChI is InChI=1S/C42H79O10P/c1-3-5-7-9-11-13-15-17-19-21-23-25-27-29-31-33-41(45)49-37-40(38-51-53(47,48)50-36-39(44)35-43)52-42(46)34-32-30-28-26-24-22-20-18-16-14-12-10-8-6-4-2/h9,11,14,16,39-40,43-44H,3-8,10,12-13,15,17-38H2,1-2H3,(H,47,48)/b11-9+,16-14+/t39-,40+/m0/s1. The second-order valence-corrected chi connectivity index (χ2v) is 15.8. The Morgan fingerprint density at radius 2 is 0.943 bits per heavy atom. The first kappa shape index (κ1) is 51.5. The first-order valence-corrected chi connectivity index (χ1v) is 22.8. The molecule has 0 aromatic carbocycles. The molecule has 0 aromatic rings. The lowest BCUT2D eigenvalue weighted by Gasteiger charge is -2.20. The quantitative estimate of drug-likeness (QED) is 0.0238. The Morgan fingerprint density at radius 1 is 0.547 bits per heavy atom. The Morgan fingerprint density at radius 3 is 1.42 bits per heavy atom. The molecule has 0 radical (unpaired) electrons. The molecule has 53 heavy (non-hydrogen) atoms. The van der Waals surface area contributed by atoms with Crippen LogP contribution in [0.3, 0.4) is 0 Å². The maximum Gasteiger partial charge on any atom is 0.472 e. The molecule has 0 saturated heterocycles. The molecule has 11 heteroatoms. The molecule has 0 rings (SSSR count). The average molecular weight is 775 g/mol. The van der Waals surface area contributed by atoms with Crippen LogP contribution in [0.5, 0.6) is 0 Å². The maximum absolute atomic E-state index is 12.6. The molecule has 3 atom stereocenters. The van der Waals surface area contributed by atoms with Gasteiger partial charge in [0.2, 0.25) is 0 Å². The summed E-state index contributed by atoms with van der Waals surface area (Å²) in [5.74, 6) is -0.928. The van der Waals surface area contributed by atoms with Crippen LogP contribution in [0.4, 0.5) is 0 Å². The molecule has 1 unspecified atom stereocenters. The molecule has 0 aromatic heterocycles. The molecule has 0 spiro atoms. The summed E-state index contributed by atoms with van der Waals surface area (Å²) in [5.41, 5.74) is 0. The number of hydrogen-bond donors (Lipinski definition) is 3. The third-order valence-electron chi connectivity index (χ3n) is 9.08. The van der Waals surface area contributed by atoms with E-state index in [-0.39, 0.29) is 19.4 Å². The molecular weight excluding hydrogens is 695 g/mol. The molecular formula is C42H79O10P. The van der Waals surface area contributed by atoms with Crippen molar-refractivity contribution in [1.82, 2.24) is 0 Å². The zero-order valence-electron chi connectivity index (χ0n) is 33.7. The van der Waals surface area contributed by atoms with Crippen molar-refractivity contribution >= 4 is 19.8 Å². The topological polar surface area (TPSA) is 149 Å². The van der Waals surface area contributed by atoms with Gasteiger partial charge in [-0.25, -0.2) is 4.57 Å². The lowest BCUT2D eigenvalue weighted by molar-refractivity contribution is -0.161. The highest BCUT2D eigenvalue weighted by molar-refractivity contribution is 7.47. The minimum atomic E-state index is -4.61. The van der Waals surface area contributed by atoms with Crippen molar-refractivity contribution in [2.75, 3.05) is 26.4 Å². The van der Waals surface area contributed by atoms with Gasteiger partial charge in [0.1, 0.15) is 12.7 Å². The molecule has 0 aliphatic carbocycles. The zero-order valence-corrected chi connectivity index (χ0v) is 34.6. The van der Waals surface area contributed by atoms with Gasteiger partial charge in [-0.15, -0.1) is 0 Å². The molecule has 0 aliphatic rings. The molecule has 0 saturated carbocycles. The monoisotopic (exact) mass is 775 g/mol. The summed E-state index contributed by atoms with van der Waals surface area (Å²) in [6.45, 7) is 2.34. The largest absolute Gasteiger partial charge is 0.472 e. The fraction of sp³-hybridized carbons (Fsp3) is 0.857. The highest BCUT2D eigenvalue weighted by atomic mass is 31.2. The van der Waals surface area contributed by atoms with Crippen LogP contribution in [0.2, 0.25) is 0 Å². The number of phosphoric acid groups is 1. The van der Waals surface area contributed by atoms with Gasteiger partial charge < -0.3 is 24.6 Å². The van der Waals surface area contributed by atoms with Crippen molar-refractivity contribution in [2.45, 2.75) is 206 Å². The highest BCUT2D eigenvalue weighted by Crippen LogP contribution is 2.43. The maximum atomic E-state index is 12.6. The van der Waals surface area contributed by atoms with Crippen molar-refractivity contribution in [3.63, 3.8) is 0 Å². The molecule has 0 bridgehead atoms. The number of rotatable bonds is 40. The number of carbonyl (C=O) groups excluding carboxylic acids is 2. The lowest BCUT2D eigenvalue weighted by atomic mass is 10.1. The van der Waals surface area contributed by atoms with E-state index in [2.05, 4.69) is 42.7 Å². The lowest BCUT2D eigenvalue weighted by Crippen LogP contribution is -2.29. The minimum Gasteiger partial charge on any atom is -0.462 e. The Labute approximate surface area is 323 Å². The molecule has 0 fully saturated rings. The van der Waals surface area contributed by atoms with Crippen molar-refractivity contribution in [3.8, 4) is 0 Å². The first-order valence-electron chi connectivity index (χ1n) is 21.3. The smallest absolute Gasteiger partial charge is 0.462 e. The SMILES string of the molecule is CCCC/C=C/CCCCCCCCCCCC(=O)OC[C@H](COP(=O)(O)OC[C@@H](O)CO)OC(=O)CCCCCCCCC/C=C/CCCCCC. The van der Waals surface area contributed by atoms with E-state index >= 15 is 0 Å². The van der Waals surface area contributed by atoms with Crippen molar-refractivity contribution < 1.29 is 47.8 Å². The Bertz CT molecular complexity index is 941. The van der Waals surface area contributed by atoms with Gasteiger partial charge >= 0.3 is 19.8 Å². The molecule has 10 nitrogen and oxygen atoms in total. The van der Waals surface area contributed by atoms with Crippen molar-refractivity contribution in [2.24, 2.45) is 0 Å². The van der Waals surface area contributed by atoms with Crippen LogP contribution in [0.15, 0.2) is 24.3 Å². The van der Waals surface area contributed by atoms with Crippen LogP contribution < -0.4 is 0 Å². The van der Waals surface area contributed by atoms with Gasteiger partial charge in [-0.2, -0.15) is 0 Å². The van der Waals surface area contributed by atoms with E-state index in [1.807, 2.05) is 0 Å². The van der Waals surface area contributed by atoms with Crippen LogP contribution in [-0.4, -0.2) is 65.7 Å². The summed E-state index contributed by atoms with van der Waals surface area (Å²) < 4.78 is 32.7. The van der Waals surface area contributed by atoms with Crippen LogP contribution in [0, 0.1) is 0 Å². The summed E-state index contributed by atoms with van der Waals surface area (Å²) in [7, 11) is -4.61. The number of unbranched alkanes of at least 4 members (excludes halogenated alkanes) is 22. The fourth-order valence-corrected chi connectivity index (χ4v) is 6.52. The number of phosphoric ester groups is 1. The second-order valence-electron chi connectivity index (χ2n) is 14.4. The van der Waals surface area contributed by atoms with Crippen LogP contribution in [-0.2, 0) is 32.7 Å². The van der Waals surface area contributed by atoms with Crippen LogP contribution in [0.1, 0.15) is 194 Å². The van der Waals surface area contributed by atoms with Gasteiger partial charge in [0.25, 0.3) is 0 Å². The van der Waals surface area contributed by atoms with E-state index in [4.69, 9.17) is 19.1 Å². The predicted molar refractivity (Wildman–Crippen MR) is 215 cm³/mol. The average Bonchev–Trinajstić information content (AvgIpc) is 3.14. The second kappa shape index (κ2) is 38.7.